The number of carbonyl (C=O) groups is 2. The molecule has 2 aromatic rings. The number of carbonyl (C=O) groups excluding carboxylic acids is 1. The lowest BCUT2D eigenvalue weighted by molar-refractivity contribution is -0.151. The van der Waals surface area contributed by atoms with Gasteiger partial charge in [0.15, 0.2) is 0 Å². The number of benzene rings is 2. The highest BCUT2D eigenvalue weighted by Crippen LogP contribution is 2.29. The Morgan fingerprint density at radius 2 is 1.68 bits per heavy atom. The molecular weight excluding hydrogens is 418 g/mol. The Balaban J connectivity index is 2.22. The zero-order valence-electron chi connectivity index (χ0n) is 18.3. The summed E-state index contributed by atoms with van der Waals surface area (Å²) in [6, 6.07) is 14.7. The zero-order valence-corrected chi connectivity index (χ0v) is 19.1. The van der Waals surface area contributed by atoms with Crippen molar-refractivity contribution < 1.29 is 24.5 Å². The van der Waals surface area contributed by atoms with Crippen LogP contribution in [0, 0.1) is 5.41 Å². The van der Waals surface area contributed by atoms with Gasteiger partial charge in [0.2, 0.25) is 0 Å². The fourth-order valence-corrected chi connectivity index (χ4v) is 3.46. The molecule has 0 saturated heterocycles. The minimum Gasteiger partial charge on any atom is -0.481 e. The number of aliphatic carboxylic acids is 1. The quantitative estimate of drug-likeness (QED) is 0.534. The van der Waals surface area contributed by atoms with Crippen LogP contribution in [0.25, 0.3) is 11.1 Å². The van der Waals surface area contributed by atoms with Crippen molar-refractivity contribution in [2.24, 2.45) is 5.41 Å². The standard InChI is InChI=1S/C24H30ClNO5/c1-23(2,3)31-22(30)26-18(14-24(4,15-27)21(28)29)13-16-9-11-17(12-10-16)19-7-5-6-8-20(19)25/h5-12,18,27H,13-15H2,1-4H3,(H,26,30)(H,28,29)/t18-,24+/m1/s1. The van der Waals surface area contributed by atoms with Gasteiger partial charge < -0.3 is 20.3 Å². The molecule has 0 aliphatic carbocycles. The maximum Gasteiger partial charge on any atom is 0.407 e. The molecule has 0 radical (unpaired) electrons. The average molecular weight is 448 g/mol. The molecule has 7 heteroatoms. The van der Waals surface area contributed by atoms with E-state index in [1.807, 2.05) is 48.5 Å². The summed E-state index contributed by atoms with van der Waals surface area (Å²) in [7, 11) is 0. The number of rotatable bonds is 8. The van der Waals surface area contributed by atoms with E-state index in [-0.39, 0.29) is 6.42 Å². The summed E-state index contributed by atoms with van der Waals surface area (Å²) >= 11 is 6.27. The van der Waals surface area contributed by atoms with Crippen molar-refractivity contribution in [1.82, 2.24) is 5.32 Å². The zero-order chi connectivity index (χ0) is 23.2. The van der Waals surface area contributed by atoms with Crippen LogP contribution in [0.1, 0.15) is 39.7 Å². The van der Waals surface area contributed by atoms with E-state index in [4.69, 9.17) is 16.3 Å². The van der Waals surface area contributed by atoms with Crippen LogP contribution < -0.4 is 5.32 Å². The van der Waals surface area contributed by atoms with Crippen LogP contribution in [-0.2, 0) is 16.0 Å². The Bertz CT molecular complexity index is 907. The number of amides is 1. The van der Waals surface area contributed by atoms with Gasteiger partial charge in [0.05, 0.1) is 12.0 Å². The van der Waals surface area contributed by atoms with Crippen molar-refractivity contribution in [3.05, 3.63) is 59.1 Å². The monoisotopic (exact) mass is 447 g/mol. The molecule has 3 N–H and O–H groups in total. The van der Waals surface area contributed by atoms with Gasteiger partial charge in [0.1, 0.15) is 5.60 Å². The number of halogens is 1. The third-order valence-electron chi connectivity index (χ3n) is 4.90. The summed E-state index contributed by atoms with van der Waals surface area (Å²) in [5.41, 5.74) is 0.701. The van der Waals surface area contributed by atoms with Crippen molar-refractivity contribution in [2.75, 3.05) is 6.61 Å². The Kier molecular flexibility index (Phi) is 8.09. The average Bonchev–Trinajstić information content (AvgIpc) is 2.67. The van der Waals surface area contributed by atoms with Gasteiger partial charge >= 0.3 is 12.1 Å². The molecule has 0 aliphatic rings. The smallest absolute Gasteiger partial charge is 0.407 e. The number of alkyl carbamates (subject to hydrolysis) is 1. The fraction of sp³-hybridized carbons (Fsp3) is 0.417. The highest BCUT2D eigenvalue weighted by molar-refractivity contribution is 6.33. The first kappa shape index (κ1) is 24.7. The maximum absolute atomic E-state index is 12.3. The Morgan fingerprint density at radius 3 is 2.19 bits per heavy atom. The first-order valence-electron chi connectivity index (χ1n) is 10.1. The predicted molar refractivity (Wildman–Crippen MR) is 121 cm³/mol. The third-order valence-corrected chi connectivity index (χ3v) is 5.23. The summed E-state index contributed by atoms with van der Waals surface area (Å²) in [6.07, 6.45) is -0.203. The summed E-state index contributed by atoms with van der Waals surface area (Å²) in [6.45, 7) is 6.18. The molecule has 0 unspecified atom stereocenters. The molecule has 6 nitrogen and oxygen atoms in total. The molecule has 0 saturated carbocycles. The molecule has 31 heavy (non-hydrogen) atoms. The van der Waals surface area contributed by atoms with Gasteiger partial charge in [-0.2, -0.15) is 0 Å². The lowest BCUT2D eigenvalue weighted by Crippen LogP contribution is -2.45. The molecular formula is C24H30ClNO5. The highest BCUT2D eigenvalue weighted by Gasteiger charge is 2.36. The highest BCUT2D eigenvalue weighted by atomic mass is 35.5. The van der Waals surface area contributed by atoms with Crippen LogP contribution in [0.3, 0.4) is 0 Å². The number of aliphatic hydroxyl groups is 1. The van der Waals surface area contributed by atoms with Crippen LogP contribution in [0.2, 0.25) is 5.02 Å². The first-order chi connectivity index (χ1) is 14.4. The lowest BCUT2D eigenvalue weighted by Gasteiger charge is -2.29. The number of nitrogens with one attached hydrogen (secondary N) is 1. The van der Waals surface area contributed by atoms with Gasteiger partial charge in [0.25, 0.3) is 0 Å². The topological polar surface area (TPSA) is 95.9 Å². The summed E-state index contributed by atoms with van der Waals surface area (Å²) in [5, 5.41) is 22.6. The van der Waals surface area contributed by atoms with Crippen LogP contribution in [0.5, 0.6) is 0 Å². The molecule has 0 aromatic heterocycles. The minimum atomic E-state index is -1.39. The fourth-order valence-electron chi connectivity index (χ4n) is 3.21. The molecule has 1 amide bonds. The lowest BCUT2D eigenvalue weighted by atomic mass is 9.82. The van der Waals surface area contributed by atoms with Gasteiger partial charge in [-0.05, 0) is 57.7 Å². The van der Waals surface area contributed by atoms with Gasteiger partial charge in [-0.3, -0.25) is 4.79 Å². The number of ether oxygens (including phenoxy) is 1. The van der Waals surface area contributed by atoms with Crippen molar-refractivity contribution in [1.29, 1.82) is 0 Å². The predicted octanol–water partition coefficient (Wildman–Crippen LogP) is 4.92. The van der Waals surface area contributed by atoms with Crippen molar-refractivity contribution >= 4 is 23.7 Å². The van der Waals surface area contributed by atoms with E-state index in [9.17, 15) is 19.8 Å². The molecule has 0 aliphatic heterocycles. The second-order valence-electron chi connectivity index (χ2n) is 8.95. The van der Waals surface area contributed by atoms with E-state index < -0.39 is 35.7 Å². The Morgan fingerprint density at radius 1 is 1.06 bits per heavy atom. The summed E-state index contributed by atoms with van der Waals surface area (Å²) in [5.74, 6) is -1.12. The molecule has 0 spiro atoms. The molecule has 2 rings (SSSR count). The second-order valence-corrected chi connectivity index (χ2v) is 9.36. The van der Waals surface area contributed by atoms with Crippen molar-refractivity contribution in [2.45, 2.75) is 52.2 Å². The first-order valence-corrected chi connectivity index (χ1v) is 10.5. The van der Waals surface area contributed by atoms with Crippen LogP contribution in [0.15, 0.2) is 48.5 Å². The van der Waals surface area contributed by atoms with Gasteiger partial charge in [0, 0.05) is 16.6 Å². The summed E-state index contributed by atoms with van der Waals surface area (Å²) < 4.78 is 5.33. The minimum absolute atomic E-state index is 0.0460. The molecule has 2 atom stereocenters. The Labute approximate surface area is 188 Å². The van der Waals surface area contributed by atoms with E-state index in [0.717, 1.165) is 16.7 Å². The maximum atomic E-state index is 12.3. The second kappa shape index (κ2) is 10.2. The van der Waals surface area contributed by atoms with E-state index >= 15 is 0 Å². The van der Waals surface area contributed by atoms with Crippen LogP contribution in [-0.4, -0.2) is 40.5 Å². The number of aliphatic hydroxyl groups excluding tert-OH is 1. The van der Waals surface area contributed by atoms with Gasteiger partial charge in [-0.15, -0.1) is 0 Å². The number of carboxylic acids is 1. The SMILES string of the molecule is CC(C)(C)OC(=O)N[C@H](Cc1ccc(-c2ccccc2Cl)cc1)C[C@@](C)(CO)C(=O)O. The van der Waals surface area contributed by atoms with E-state index in [2.05, 4.69) is 5.32 Å². The van der Waals surface area contributed by atoms with E-state index in [1.165, 1.54) is 6.92 Å². The van der Waals surface area contributed by atoms with Crippen LogP contribution >= 0.6 is 11.6 Å². The molecule has 2 aromatic carbocycles. The molecule has 0 fully saturated rings. The number of carboxylic acid groups (broad SMARTS) is 1. The number of hydrogen-bond donors (Lipinski definition) is 3. The van der Waals surface area contributed by atoms with E-state index in [1.54, 1.807) is 20.8 Å². The van der Waals surface area contributed by atoms with E-state index in [0.29, 0.717) is 11.4 Å². The van der Waals surface area contributed by atoms with Crippen LogP contribution in [0.4, 0.5) is 4.79 Å². The molecule has 168 valence electrons. The molecule has 0 heterocycles. The third kappa shape index (κ3) is 7.26. The van der Waals surface area contributed by atoms with Gasteiger partial charge in [-0.1, -0.05) is 54.1 Å². The normalized spacial score (nSPS) is 14.4. The number of hydrogen-bond acceptors (Lipinski definition) is 4. The van der Waals surface area contributed by atoms with Crippen molar-refractivity contribution in [3.63, 3.8) is 0 Å². The van der Waals surface area contributed by atoms with Crippen molar-refractivity contribution in [3.8, 4) is 11.1 Å². The Hall–Kier alpha value is -2.57. The summed E-state index contributed by atoms with van der Waals surface area (Å²) in [4.78, 5) is 24.0. The van der Waals surface area contributed by atoms with Gasteiger partial charge in [-0.25, -0.2) is 4.79 Å². The molecule has 0 bridgehead atoms. The largest absolute Gasteiger partial charge is 0.481 e.